The number of nitrogens with zero attached hydrogens (tertiary/aromatic N) is 1. The third-order valence-corrected chi connectivity index (χ3v) is 7.94. The molecule has 3 rings (SSSR count). The van der Waals surface area contributed by atoms with Crippen molar-refractivity contribution < 1.29 is 13.2 Å². The SMILES string of the molecule is C=CC(=O)NC1(C)CCN(S(=O)(=O)c2ccc(C3CCCCC3)cc2)CC1. The van der Waals surface area contributed by atoms with Gasteiger partial charge in [-0.2, -0.15) is 4.31 Å². The van der Waals surface area contributed by atoms with Gasteiger partial charge in [0.25, 0.3) is 0 Å². The topological polar surface area (TPSA) is 66.5 Å². The van der Waals surface area contributed by atoms with Crippen molar-refractivity contribution in [1.82, 2.24) is 9.62 Å². The van der Waals surface area contributed by atoms with Crippen molar-refractivity contribution in [3.8, 4) is 0 Å². The summed E-state index contributed by atoms with van der Waals surface area (Å²) >= 11 is 0. The predicted octanol–water partition coefficient (Wildman–Crippen LogP) is 3.58. The van der Waals surface area contributed by atoms with Crippen LogP contribution in [0.4, 0.5) is 0 Å². The summed E-state index contributed by atoms with van der Waals surface area (Å²) in [7, 11) is -3.49. The Morgan fingerprint density at radius 2 is 1.74 bits per heavy atom. The van der Waals surface area contributed by atoms with Gasteiger partial charge in [0.1, 0.15) is 0 Å². The van der Waals surface area contributed by atoms with Gasteiger partial charge in [0.15, 0.2) is 0 Å². The number of sulfonamides is 1. The summed E-state index contributed by atoms with van der Waals surface area (Å²) in [6.07, 6.45) is 8.67. The monoisotopic (exact) mass is 390 g/mol. The van der Waals surface area contributed by atoms with Crippen LogP contribution in [-0.2, 0) is 14.8 Å². The Morgan fingerprint density at radius 3 is 2.30 bits per heavy atom. The molecule has 2 fully saturated rings. The molecule has 27 heavy (non-hydrogen) atoms. The van der Waals surface area contributed by atoms with Gasteiger partial charge in [-0.1, -0.05) is 38.0 Å². The Bertz CT molecular complexity index is 772. The molecule has 1 saturated heterocycles. The second-order valence-electron chi connectivity index (χ2n) is 8.06. The van der Waals surface area contributed by atoms with Crippen LogP contribution in [0.15, 0.2) is 41.8 Å². The van der Waals surface area contributed by atoms with Crippen molar-refractivity contribution in [3.05, 3.63) is 42.5 Å². The summed E-state index contributed by atoms with van der Waals surface area (Å²) in [5, 5.41) is 2.92. The van der Waals surface area contributed by atoms with Crippen molar-refractivity contribution in [2.24, 2.45) is 0 Å². The summed E-state index contributed by atoms with van der Waals surface area (Å²) in [5.74, 6) is 0.353. The lowest BCUT2D eigenvalue weighted by Crippen LogP contribution is -2.53. The molecule has 0 aromatic heterocycles. The number of rotatable bonds is 5. The lowest BCUT2D eigenvalue weighted by Gasteiger charge is -2.39. The summed E-state index contributed by atoms with van der Waals surface area (Å²) in [6.45, 7) is 6.24. The number of carbonyl (C=O) groups is 1. The average molecular weight is 391 g/mol. The molecule has 1 aromatic carbocycles. The smallest absolute Gasteiger partial charge is 0.243 e. The number of benzene rings is 1. The second-order valence-corrected chi connectivity index (χ2v) is 10.0. The molecule has 1 heterocycles. The molecule has 0 spiro atoms. The maximum absolute atomic E-state index is 13.0. The van der Waals surface area contributed by atoms with Gasteiger partial charge in [-0.25, -0.2) is 8.42 Å². The fraction of sp³-hybridized carbons (Fsp3) is 0.571. The molecule has 1 aromatic rings. The summed E-state index contributed by atoms with van der Waals surface area (Å²) in [4.78, 5) is 11.9. The molecule has 1 saturated carbocycles. The van der Waals surface area contributed by atoms with E-state index in [1.165, 1.54) is 48.0 Å². The molecule has 5 nitrogen and oxygen atoms in total. The molecule has 1 aliphatic carbocycles. The van der Waals surface area contributed by atoms with Crippen molar-refractivity contribution in [2.45, 2.75) is 68.2 Å². The van der Waals surface area contributed by atoms with Crippen LogP contribution in [0.3, 0.4) is 0 Å². The lowest BCUT2D eigenvalue weighted by atomic mass is 9.84. The van der Waals surface area contributed by atoms with Crippen molar-refractivity contribution in [1.29, 1.82) is 0 Å². The van der Waals surface area contributed by atoms with Gasteiger partial charge in [-0.05, 0) is 62.3 Å². The van der Waals surface area contributed by atoms with Crippen LogP contribution in [0.5, 0.6) is 0 Å². The summed E-state index contributed by atoms with van der Waals surface area (Å²) in [5.41, 5.74) is 0.870. The first kappa shape index (κ1) is 20.1. The van der Waals surface area contributed by atoms with Crippen molar-refractivity contribution >= 4 is 15.9 Å². The van der Waals surface area contributed by atoms with Gasteiger partial charge in [-0.15, -0.1) is 0 Å². The van der Waals surface area contributed by atoms with E-state index in [1.807, 2.05) is 19.1 Å². The van der Waals surface area contributed by atoms with E-state index < -0.39 is 10.0 Å². The lowest BCUT2D eigenvalue weighted by molar-refractivity contribution is -0.118. The molecule has 2 aliphatic rings. The zero-order chi connectivity index (χ0) is 19.5. The van der Waals surface area contributed by atoms with Gasteiger partial charge >= 0.3 is 0 Å². The molecule has 1 N–H and O–H groups in total. The maximum Gasteiger partial charge on any atom is 0.243 e. The Hall–Kier alpha value is -1.66. The highest BCUT2D eigenvalue weighted by molar-refractivity contribution is 7.89. The first-order valence-corrected chi connectivity index (χ1v) is 11.3. The van der Waals surface area contributed by atoms with Gasteiger partial charge < -0.3 is 5.32 Å². The number of amides is 1. The van der Waals surface area contributed by atoms with E-state index in [2.05, 4.69) is 11.9 Å². The minimum Gasteiger partial charge on any atom is -0.347 e. The third-order valence-electron chi connectivity index (χ3n) is 6.03. The largest absolute Gasteiger partial charge is 0.347 e. The van der Waals surface area contributed by atoms with Crippen LogP contribution in [0.25, 0.3) is 0 Å². The van der Waals surface area contributed by atoms with E-state index in [1.54, 1.807) is 12.1 Å². The first-order chi connectivity index (χ1) is 12.8. The highest BCUT2D eigenvalue weighted by Gasteiger charge is 2.36. The number of carbonyl (C=O) groups excluding carboxylic acids is 1. The maximum atomic E-state index is 13.0. The van der Waals surface area contributed by atoms with E-state index in [0.717, 1.165) is 0 Å². The molecule has 6 heteroatoms. The van der Waals surface area contributed by atoms with Crippen LogP contribution in [0.2, 0.25) is 0 Å². The van der Waals surface area contributed by atoms with E-state index in [9.17, 15) is 13.2 Å². The molecule has 0 radical (unpaired) electrons. The number of hydrogen-bond acceptors (Lipinski definition) is 3. The number of nitrogens with one attached hydrogen (secondary N) is 1. The van der Waals surface area contributed by atoms with Gasteiger partial charge in [-0.3, -0.25) is 4.79 Å². The predicted molar refractivity (Wildman–Crippen MR) is 107 cm³/mol. The van der Waals surface area contributed by atoms with Gasteiger partial charge in [0, 0.05) is 18.6 Å². The quantitative estimate of drug-likeness (QED) is 0.782. The molecule has 0 bridgehead atoms. The van der Waals surface area contributed by atoms with Gasteiger partial charge in [0.05, 0.1) is 4.90 Å². The normalized spacial score (nSPS) is 21.5. The molecule has 1 aliphatic heterocycles. The zero-order valence-corrected chi connectivity index (χ0v) is 16.9. The Labute approximate surface area is 162 Å². The van der Waals surface area contributed by atoms with E-state index in [0.29, 0.717) is 36.7 Å². The minimum absolute atomic E-state index is 0.216. The molecule has 0 atom stereocenters. The molecular weight excluding hydrogens is 360 g/mol. The van der Waals surface area contributed by atoms with Crippen LogP contribution in [-0.4, -0.2) is 37.3 Å². The van der Waals surface area contributed by atoms with Crippen LogP contribution < -0.4 is 5.32 Å². The fourth-order valence-electron chi connectivity index (χ4n) is 4.19. The van der Waals surface area contributed by atoms with E-state index in [4.69, 9.17) is 0 Å². The molecule has 1 amide bonds. The Morgan fingerprint density at radius 1 is 1.15 bits per heavy atom. The first-order valence-electron chi connectivity index (χ1n) is 9.89. The molecule has 148 valence electrons. The average Bonchev–Trinajstić information content (AvgIpc) is 2.69. The highest BCUT2D eigenvalue weighted by atomic mass is 32.2. The van der Waals surface area contributed by atoms with Crippen molar-refractivity contribution in [3.63, 3.8) is 0 Å². The van der Waals surface area contributed by atoms with E-state index >= 15 is 0 Å². The standard InChI is InChI=1S/C21H30N2O3S/c1-3-20(24)22-21(2)13-15-23(16-14-21)27(25,26)19-11-9-18(10-12-19)17-7-5-4-6-8-17/h3,9-12,17H,1,4-8,13-16H2,2H3,(H,22,24). The van der Waals surface area contributed by atoms with E-state index in [-0.39, 0.29) is 11.4 Å². The van der Waals surface area contributed by atoms with Crippen LogP contribution >= 0.6 is 0 Å². The molecular formula is C21H30N2O3S. The van der Waals surface area contributed by atoms with Crippen molar-refractivity contribution in [2.75, 3.05) is 13.1 Å². The van der Waals surface area contributed by atoms with Crippen LogP contribution in [0, 0.1) is 0 Å². The zero-order valence-electron chi connectivity index (χ0n) is 16.1. The third kappa shape index (κ3) is 4.61. The highest BCUT2D eigenvalue weighted by Crippen LogP contribution is 2.33. The second kappa shape index (κ2) is 8.15. The van der Waals surface area contributed by atoms with Crippen LogP contribution in [0.1, 0.15) is 63.4 Å². The summed E-state index contributed by atoms with van der Waals surface area (Å²) < 4.78 is 27.5. The number of piperidine rings is 1. The Kier molecular flexibility index (Phi) is 6.06. The summed E-state index contributed by atoms with van der Waals surface area (Å²) in [6, 6.07) is 7.49. The minimum atomic E-state index is -3.49. The Balaban J connectivity index is 1.66. The fourth-order valence-corrected chi connectivity index (χ4v) is 5.63. The number of hydrogen-bond donors (Lipinski definition) is 1. The molecule has 0 unspecified atom stereocenters. The van der Waals surface area contributed by atoms with Gasteiger partial charge in [0.2, 0.25) is 15.9 Å².